The number of nitrogens with one attached hydrogen (secondary N) is 1. The summed E-state index contributed by atoms with van der Waals surface area (Å²) in [7, 11) is 0. The lowest BCUT2D eigenvalue weighted by Gasteiger charge is -2.33. The fourth-order valence-corrected chi connectivity index (χ4v) is 2.59. The van der Waals surface area contributed by atoms with Crippen molar-refractivity contribution in [2.45, 2.75) is 39.2 Å². The van der Waals surface area contributed by atoms with Crippen LogP contribution in [0, 0.1) is 5.92 Å². The zero-order valence-corrected chi connectivity index (χ0v) is 12.2. The Morgan fingerprint density at radius 1 is 1.53 bits per heavy atom. The molecular weight excluding hydrogens is 232 g/mol. The van der Waals surface area contributed by atoms with E-state index in [0.717, 1.165) is 31.8 Å². The van der Waals surface area contributed by atoms with E-state index >= 15 is 0 Å². The number of amides is 1. The average molecular weight is 258 g/mol. The van der Waals surface area contributed by atoms with E-state index < -0.39 is 0 Å². The van der Waals surface area contributed by atoms with Crippen LogP contribution in [0.2, 0.25) is 0 Å². The summed E-state index contributed by atoms with van der Waals surface area (Å²) in [6, 6.07) is 0.539. The van der Waals surface area contributed by atoms with Crippen LogP contribution in [0.4, 0.5) is 0 Å². The van der Waals surface area contributed by atoms with Crippen molar-refractivity contribution in [3.63, 3.8) is 0 Å². The molecule has 0 aromatic heterocycles. The van der Waals surface area contributed by atoms with Gasteiger partial charge in [-0.05, 0) is 31.6 Å². The zero-order chi connectivity index (χ0) is 12.7. The minimum Gasteiger partial charge on any atom is -0.342 e. The molecule has 0 aromatic rings. The van der Waals surface area contributed by atoms with Crippen LogP contribution in [0.1, 0.15) is 33.1 Å². The molecule has 0 aliphatic carbocycles. The van der Waals surface area contributed by atoms with E-state index in [1.165, 1.54) is 6.42 Å². The number of hydrogen-bond acceptors (Lipinski definition) is 3. The minimum absolute atomic E-state index is 0.341. The number of carbonyl (C=O) groups excluding carboxylic acids is 1. The van der Waals surface area contributed by atoms with E-state index in [-0.39, 0.29) is 0 Å². The number of piperidine rings is 1. The molecule has 1 rings (SSSR count). The van der Waals surface area contributed by atoms with Crippen LogP contribution in [-0.2, 0) is 4.79 Å². The Bertz CT molecular complexity index is 233. The van der Waals surface area contributed by atoms with Gasteiger partial charge in [0.1, 0.15) is 0 Å². The summed E-state index contributed by atoms with van der Waals surface area (Å²) in [5.74, 6) is 1.93. The van der Waals surface area contributed by atoms with Crippen LogP contribution in [0.5, 0.6) is 0 Å². The fourth-order valence-electron chi connectivity index (χ4n) is 2.21. The normalized spacial score (nSPS) is 20.9. The predicted octanol–water partition coefficient (Wildman–Crippen LogP) is 1.98. The number of rotatable bonds is 6. The molecule has 1 fully saturated rings. The Kier molecular flexibility index (Phi) is 6.97. The molecule has 1 aliphatic rings. The maximum absolute atomic E-state index is 11.9. The largest absolute Gasteiger partial charge is 0.342 e. The first-order chi connectivity index (χ1) is 8.13. The first kappa shape index (κ1) is 14.8. The van der Waals surface area contributed by atoms with Crippen molar-refractivity contribution in [2.24, 2.45) is 5.92 Å². The molecule has 3 nitrogen and oxygen atoms in total. The Balaban J connectivity index is 2.30. The van der Waals surface area contributed by atoms with Gasteiger partial charge in [0.25, 0.3) is 0 Å². The van der Waals surface area contributed by atoms with Gasteiger partial charge >= 0.3 is 0 Å². The molecule has 1 heterocycles. The molecule has 0 aromatic carbocycles. The molecule has 1 saturated heterocycles. The third-order valence-corrected chi connectivity index (χ3v) is 3.82. The Labute approximate surface area is 110 Å². The Morgan fingerprint density at radius 2 is 2.29 bits per heavy atom. The topological polar surface area (TPSA) is 32.3 Å². The van der Waals surface area contributed by atoms with Crippen LogP contribution >= 0.6 is 11.8 Å². The monoisotopic (exact) mass is 258 g/mol. The number of hydrogen-bond donors (Lipinski definition) is 1. The molecule has 0 spiro atoms. The summed E-state index contributed by atoms with van der Waals surface area (Å²) in [4.78, 5) is 14.0. The molecule has 0 saturated carbocycles. The second-order valence-electron chi connectivity index (χ2n) is 5.15. The van der Waals surface area contributed by atoms with E-state index in [0.29, 0.717) is 24.3 Å². The number of likely N-dealkylation sites (tertiary alicyclic amines) is 1. The highest BCUT2D eigenvalue weighted by atomic mass is 32.2. The Hall–Kier alpha value is -0.220. The van der Waals surface area contributed by atoms with Gasteiger partial charge < -0.3 is 10.2 Å². The first-order valence-electron chi connectivity index (χ1n) is 6.63. The Morgan fingerprint density at radius 3 is 2.94 bits per heavy atom. The van der Waals surface area contributed by atoms with Gasteiger partial charge in [0.15, 0.2) is 0 Å². The molecule has 1 amide bonds. The summed E-state index contributed by atoms with van der Waals surface area (Å²) in [6.07, 6.45) is 5.17. The second kappa shape index (κ2) is 7.98. The van der Waals surface area contributed by atoms with Crippen molar-refractivity contribution >= 4 is 17.7 Å². The smallest absolute Gasteiger partial charge is 0.223 e. The molecule has 1 atom stereocenters. The van der Waals surface area contributed by atoms with Crippen molar-refractivity contribution < 1.29 is 4.79 Å². The molecule has 17 heavy (non-hydrogen) atoms. The summed E-state index contributed by atoms with van der Waals surface area (Å²) < 4.78 is 0. The van der Waals surface area contributed by atoms with Crippen LogP contribution < -0.4 is 5.32 Å². The van der Waals surface area contributed by atoms with Crippen molar-refractivity contribution in [3.05, 3.63) is 0 Å². The third kappa shape index (κ3) is 5.77. The van der Waals surface area contributed by atoms with Gasteiger partial charge in [-0.3, -0.25) is 4.79 Å². The van der Waals surface area contributed by atoms with Crippen LogP contribution in [0.25, 0.3) is 0 Å². The van der Waals surface area contributed by atoms with Crippen LogP contribution in [0.3, 0.4) is 0 Å². The molecule has 100 valence electrons. The molecular formula is C13H26N2OS. The van der Waals surface area contributed by atoms with Gasteiger partial charge in [-0.15, -0.1) is 0 Å². The quantitative estimate of drug-likeness (QED) is 0.790. The van der Waals surface area contributed by atoms with E-state index in [9.17, 15) is 4.79 Å². The maximum atomic E-state index is 11.9. The van der Waals surface area contributed by atoms with E-state index in [4.69, 9.17) is 0 Å². The van der Waals surface area contributed by atoms with E-state index in [1.54, 1.807) is 11.8 Å². The van der Waals surface area contributed by atoms with E-state index in [2.05, 4.69) is 30.3 Å². The molecule has 1 N–H and O–H groups in total. The highest BCUT2D eigenvalue weighted by Crippen LogP contribution is 2.17. The van der Waals surface area contributed by atoms with Gasteiger partial charge in [-0.25, -0.2) is 0 Å². The lowest BCUT2D eigenvalue weighted by atomic mass is 9.97. The van der Waals surface area contributed by atoms with Gasteiger partial charge in [0, 0.05) is 31.3 Å². The first-order valence-corrected chi connectivity index (χ1v) is 8.03. The highest BCUT2D eigenvalue weighted by molar-refractivity contribution is 7.98. The maximum Gasteiger partial charge on any atom is 0.223 e. The van der Waals surface area contributed by atoms with Crippen molar-refractivity contribution in [1.82, 2.24) is 10.2 Å². The average Bonchev–Trinajstić information content (AvgIpc) is 2.33. The number of thioether (sulfide) groups is 1. The zero-order valence-electron chi connectivity index (χ0n) is 11.4. The van der Waals surface area contributed by atoms with Gasteiger partial charge in [-0.1, -0.05) is 13.8 Å². The minimum atomic E-state index is 0.341. The summed E-state index contributed by atoms with van der Waals surface area (Å²) in [6.45, 7) is 7.30. The van der Waals surface area contributed by atoms with Crippen molar-refractivity contribution in [1.29, 1.82) is 0 Å². The SMILES string of the molecule is CSCCC(=O)N1CCCC(CNC(C)C)C1. The molecule has 1 aliphatic heterocycles. The molecule has 4 heteroatoms. The lowest BCUT2D eigenvalue weighted by Crippen LogP contribution is -2.43. The van der Waals surface area contributed by atoms with Gasteiger partial charge in [-0.2, -0.15) is 11.8 Å². The summed E-state index contributed by atoms with van der Waals surface area (Å²) in [5.41, 5.74) is 0. The van der Waals surface area contributed by atoms with E-state index in [1.807, 2.05) is 0 Å². The van der Waals surface area contributed by atoms with Gasteiger partial charge in [0.05, 0.1) is 0 Å². The summed E-state index contributed by atoms with van der Waals surface area (Å²) in [5, 5.41) is 3.48. The second-order valence-corrected chi connectivity index (χ2v) is 6.14. The molecule has 0 radical (unpaired) electrons. The number of carbonyl (C=O) groups is 1. The highest BCUT2D eigenvalue weighted by Gasteiger charge is 2.22. The lowest BCUT2D eigenvalue weighted by molar-refractivity contribution is -0.132. The van der Waals surface area contributed by atoms with Crippen LogP contribution in [-0.4, -0.2) is 48.5 Å². The van der Waals surface area contributed by atoms with Crippen molar-refractivity contribution in [3.8, 4) is 0 Å². The fraction of sp³-hybridized carbons (Fsp3) is 0.923. The van der Waals surface area contributed by atoms with Crippen molar-refractivity contribution in [2.75, 3.05) is 31.6 Å². The molecule has 0 bridgehead atoms. The number of nitrogens with zero attached hydrogens (tertiary/aromatic N) is 1. The van der Waals surface area contributed by atoms with Crippen LogP contribution in [0.15, 0.2) is 0 Å². The predicted molar refractivity (Wildman–Crippen MR) is 75.4 cm³/mol. The third-order valence-electron chi connectivity index (χ3n) is 3.21. The standard InChI is InChI=1S/C13H26N2OS/c1-11(2)14-9-12-5-4-7-15(10-12)13(16)6-8-17-3/h11-12,14H,4-10H2,1-3H3. The summed E-state index contributed by atoms with van der Waals surface area (Å²) >= 11 is 1.75. The molecule has 1 unspecified atom stereocenters. The van der Waals surface area contributed by atoms with Gasteiger partial charge in [0.2, 0.25) is 5.91 Å².